The van der Waals surface area contributed by atoms with E-state index < -0.39 is 11.9 Å². The molecule has 2 heterocycles. The lowest BCUT2D eigenvalue weighted by molar-refractivity contribution is 0.0549. The second-order valence-corrected chi connectivity index (χ2v) is 6.38. The van der Waals surface area contributed by atoms with E-state index in [0.29, 0.717) is 16.9 Å². The summed E-state index contributed by atoms with van der Waals surface area (Å²) in [5, 5.41) is 9.94. The van der Waals surface area contributed by atoms with Crippen LogP contribution in [0, 0.1) is 0 Å². The van der Waals surface area contributed by atoms with Crippen molar-refractivity contribution in [1.82, 2.24) is 19.6 Å². The minimum absolute atomic E-state index is 0.00154. The number of hydrogen-bond donors (Lipinski definition) is 0. The molecule has 0 aliphatic rings. The van der Waals surface area contributed by atoms with Gasteiger partial charge in [0.1, 0.15) is 11.3 Å². The van der Waals surface area contributed by atoms with E-state index in [1.807, 2.05) is 49.6 Å². The molecule has 0 spiro atoms. The Morgan fingerprint density at radius 3 is 2.34 bits per heavy atom. The molecule has 29 heavy (non-hydrogen) atoms. The number of benzene rings is 2. The van der Waals surface area contributed by atoms with E-state index in [0.717, 1.165) is 10.9 Å². The monoisotopic (exact) mass is 390 g/mol. The Morgan fingerprint density at radius 2 is 1.66 bits per heavy atom. The quantitative estimate of drug-likeness (QED) is 0.498. The van der Waals surface area contributed by atoms with E-state index >= 15 is 0 Å². The summed E-state index contributed by atoms with van der Waals surface area (Å²) in [6.07, 6.45) is 1.89. The molecule has 8 heteroatoms. The summed E-state index contributed by atoms with van der Waals surface area (Å²) in [7, 11) is 4.35. The third-order valence-corrected chi connectivity index (χ3v) is 4.55. The van der Waals surface area contributed by atoms with Gasteiger partial charge in [-0.25, -0.2) is 14.3 Å². The molecular formula is C21H18N4O4. The van der Waals surface area contributed by atoms with E-state index in [9.17, 15) is 9.59 Å². The molecule has 0 bridgehead atoms. The van der Waals surface area contributed by atoms with Gasteiger partial charge in [0, 0.05) is 24.2 Å². The number of para-hydroxylation sites is 1. The first-order valence-corrected chi connectivity index (χ1v) is 8.82. The molecular weight excluding hydrogens is 372 g/mol. The first-order valence-electron chi connectivity index (χ1n) is 8.82. The fourth-order valence-corrected chi connectivity index (χ4v) is 3.24. The van der Waals surface area contributed by atoms with Crippen LogP contribution >= 0.6 is 0 Å². The fraction of sp³-hybridized carbons (Fsp3) is 0.143. The van der Waals surface area contributed by atoms with E-state index in [1.165, 1.54) is 18.9 Å². The topological polar surface area (TPSA) is 88.2 Å². The van der Waals surface area contributed by atoms with Crippen molar-refractivity contribution in [3.8, 4) is 16.9 Å². The van der Waals surface area contributed by atoms with Gasteiger partial charge in [-0.2, -0.15) is 10.2 Å². The summed E-state index contributed by atoms with van der Waals surface area (Å²) in [5.41, 5.74) is 2.35. The van der Waals surface area contributed by atoms with Crippen molar-refractivity contribution >= 4 is 22.8 Å². The Morgan fingerprint density at radius 1 is 0.931 bits per heavy atom. The van der Waals surface area contributed by atoms with Crippen LogP contribution in [0.2, 0.25) is 0 Å². The summed E-state index contributed by atoms with van der Waals surface area (Å²) in [4.78, 5) is 25.3. The van der Waals surface area contributed by atoms with Crippen LogP contribution in [0.5, 0.6) is 0 Å². The SMILES string of the molecule is COC(=O)c1c(-c2ccc3cn(C)nc3c2)nn(-c2ccccc2)c1C(=O)OC. The highest BCUT2D eigenvalue weighted by atomic mass is 16.5. The molecule has 0 saturated heterocycles. The zero-order chi connectivity index (χ0) is 20.5. The van der Waals surface area contributed by atoms with Gasteiger partial charge in [-0.3, -0.25) is 4.68 Å². The van der Waals surface area contributed by atoms with Crippen LogP contribution in [0.3, 0.4) is 0 Å². The number of esters is 2. The Hall–Kier alpha value is -3.94. The number of aromatic nitrogens is 4. The van der Waals surface area contributed by atoms with Crippen molar-refractivity contribution in [3.63, 3.8) is 0 Å². The standard InChI is InChI=1S/C21H18N4O4/c1-24-12-14-10-9-13(11-16(14)22-24)18-17(20(26)28-2)19(21(27)29-3)25(23-18)15-7-5-4-6-8-15/h4-12H,1-3H3. The molecule has 4 aromatic rings. The highest BCUT2D eigenvalue weighted by molar-refractivity contribution is 6.07. The summed E-state index contributed by atoms with van der Waals surface area (Å²) < 4.78 is 13.0. The number of nitrogens with zero attached hydrogens (tertiary/aromatic N) is 4. The molecule has 0 aliphatic carbocycles. The average Bonchev–Trinajstić information content (AvgIpc) is 3.32. The van der Waals surface area contributed by atoms with E-state index in [-0.39, 0.29) is 11.3 Å². The van der Waals surface area contributed by atoms with Crippen LogP contribution in [0.15, 0.2) is 54.7 Å². The summed E-state index contributed by atoms with van der Waals surface area (Å²) in [6, 6.07) is 14.6. The van der Waals surface area contributed by atoms with Gasteiger partial charge in [0.05, 0.1) is 25.4 Å². The zero-order valence-corrected chi connectivity index (χ0v) is 16.1. The molecule has 0 N–H and O–H groups in total. The molecule has 4 rings (SSSR count). The predicted octanol–water partition coefficient (Wildman–Crippen LogP) is 3.00. The van der Waals surface area contributed by atoms with Crippen molar-refractivity contribution in [3.05, 3.63) is 66.0 Å². The van der Waals surface area contributed by atoms with Gasteiger partial charge in [-0.1, -0.05) is 30.3 Å². The number of aryl methyl sites for hydroxylation is 1. The first-order chi connectivity index (χ1) is 14.0. The van der Waals surface area contributed by atoms with E-state index in [1.54, 1.807) is 16.8 Å². The van der Waals surface area contributed by atoms with Gasteiger partial charge in [0.25, 0.3) is 0 Å². The highest BCUT2D eigenvalue weighted by Gasteiger charge is 2.31. The van der Waals surface area contributed by atoms with Gasteiger partial charge >= 0.3 is 11.9 Å². The molecule has 8 nitrogen and oxygen atoms in total. The maximum atomic E-state index is 12.7. The van der Waals surface area contributed by atoms with Crippen LogP contribution < -0.4 is 0 Å². The summed E-state index contributed by atoms with van der Waals surface area (Å²) in [6.45, 7) is 0. The highest BCUT2D eigenvalue weighted by Crippen LogP contribution is 2.30. The van der Waals surface area contributed by atoms with Crippen LogP contribution in [0.4, 0.5) is 0 Å². The number of methoxy groups -OCH3 is 2. The minimum Gasteiger partial charge on any atom is -0.465 e. The van der Waals surface area contributed by atoms with E-state index in [4.69, 9.17) is 9.47 Å². The van der Waals surface area contributed by atoms with Crippen LogP contribution in [0.25, 0.3) is 27.8 Å². The Labute approximate surface area is 166 Å². The van der Waals surface area contributed by atoms with Gasteiger partial charge in [-0.15, -0.1) is 0 Å². The fourth-order valence-electron chi connectivity index (χ4n) is 3.24. The molecule has 146 valence electrons. The van der Waals surface area contributed by atoms with Gasteiger partial charge in [-0.05, 0) is 18.2 Å². The first kappa shape index (κ1) is 18.4. The molecule has 2 aromatic heterocycles. The predicted molar refractivity (Wildman–Crippen MR) is 106 cm³/mol. The van der Waals surface area contributed by atoms with Crippen LogP contribution in [-0.4, -0.2) is 45.7 Å². The smallest absolute Gasteiger partial charge is 0.357 e. The second kappa shape index (κ2) is 7.23. The molecule has 0 fully saturated rings. The second-order valence-electron chi connectivity index (χ2n) is 6.38. The Bertz CT molecular complexity index is 1220. The molecule has 0 saturated carbocycles. The lowest BCUT2D eigenvalue weighted by Gasteiger charge is -2.07. The third kappa shape index (κ3) is 3.14. The molecule has 2 aromatic carbocycles. The van der Waals surface area contributed by atoms with Crippen molar-refractivity contribution in [2.24, 2.45) is 7.05 Å². The minimum atomic E-state index is -0.688. The molecule has 0 aliphatic heterocycles. The average molecular weight is 390 g/mol. The number of hydrogen-bond acceptors (Lipinski definition) is 6. The maximum Gasteiger partial charge on any atom is 0.357 e. The van der Waals surface area contributed by atoms with Gasteiger partial charge in [0.2, 0.25) is 0 Å². The molecule has 0 atom stereocenters. The van der Waals surface area contributed by atoms with Crippen molar-refractivity contribution in [2.75, 3.05) is 14.2 Å². The lowest BCUT2D eigenvalue weighted by Crippen LogP contribution is -2.15. The number of rotatable bonds is 4. The largest absolute Gasteiger partial charge is 0.465 e. The Kier molecular flexibility index (Phi) is 4.59. The number of ether oxygens (including phenoxy) is 2. The van der Waals surface area contributed by atoms with Crippen LogP contribution in [-0.2, 0) is 16.5 Å². The number of fused-ring (bicyclic) bond motifs is 1. The van der Waals surface area contributed by atoms with Crippen molar-refractivity contribution in [2.45, 2.75) is 0 Å². The number of carbonyl (C=O) groups is 2. The summed E-state index contributed by atoms with van der Waals surface area (Å²) in [5.74, 6) is -1.37. The van der Waals surface area contributed by atoms with Crippen molar-refractivity contribution < 1.29 is 19.1 Å². The summed E-state index contributed by atoms with van der Waals surface area (Å²) >= 11 is 0. The van der Waals surface area contributed by atoms with Gasteiger partial charge in [0.15, 0.2) is 5.69 Å². The third-order valence-electron chi connectivity index (χ3n) is 4.55. The number of carbonyl (C=O) groups excluding carboxylic acids is 2. The lowest BCUT2D eigenvalue weighted by atomic mass is 10.0. The normalized spacial score (nSPS) is 10.9. The molecule has 0 amide bonds. The molecule has 0 unspecified atom stereocenters. The Balaban J connectivity index is 2.02. The molecule has 0 radical (unpaired) electrons. The van der Waals surface area contributed by atoms with Gasteiger partial charge < -0.3 is 9.47 Å². The zero-order valence-electron chi connectivity index (χ0n) is 16.1. The van der Waals surface area contributed by atoms with Crippen molar-refractivity contribution in [1.29, 1.82) is 0 Å². The van der Waals surface area contributed by atoms with E-state index in [2.05, 4.69) is 10.2 Å². The van der Waals surface area contributed by atoms with Crippen LogP contribution in [0.1, 0.15) is 20.8 Å². The maximum absolute atomic E-state index is 12.7.